The number of nitrogens with zero attached hydrogens (tertiary/aromatic N) is 2. The van der Waals surface area contributed by atoms with Gasteiger partial charge in [0.25, 0.3) is 10.0 Å². The Morgan fingerprint density at radius 2 is 1.86 bits per heavy atom. The Balaban J connectivity index is 1.66. The van der Waals surface area contributed by atoms with E-state index in [4.69, 9.17) is 0 Å². The summed E-state index contributed by atoms with van der Waals surface area (Å²) in [5, 5.41) is 4.79. The van der Waals surface area contributed by atoms with Crippen LogP contribution in [0.1, 0.15) is 21.2 Å². The number of benzene rings is 1. The third-order valence-electron chi connectivity index (χ3n) is 3.62. The number of carbonyl (C=O) groups is 1. The van der Waals surface area contributed by atoms with E-state index in [-0.39, 0.29) is 16.5 Å². The number of allylic oxidation sites excluding steroid dienone is 1. The maximum absolute atomic E-state index is 12.5. The highest BCUT2D eigenvalue weighted by Crippen LogP contribution is 2.18. The summed E-state index contributed by atoms with van der Waals surface area (Å²) in [6.07, 6.45) is 2.95. The topological polar surface area (TPSA) is 101 Å². The molecule has 0 spiro atoms. The summed E-state index contributed by atoms with van der Waals surface area (Å²) in [4.78, 5) is 20.9. The zero-order valence-corrected chi connectivity index (χ0v) is 16.8. The van der Waals surface area contributed by atoms with Crippen LogP contribution in [0.3, 0.4) is 0 Å². The van der Waals surface area contributed by atoms with Gasteiger partial charge in [0.05, 0.1) is 9.77 Å². The molecule has 144 valence electrons. The molecule has 0 atom stereocenters. The maximum atomic E-state index is 12.5. The summed E-state index contributed by atoms with van der Waals surface area (Å²) in [6.45, 7) is 3.46. The number of sulfonamides is 1. The molecule has 2 N–H and O–H groups in total. The van der Waals surface area contributed by atoms with Crippen molar-refractivity contribution in [3.05, 3.63) is 76.5 Å². The number of hydrogen-bond donors (Lipinski definition) is 2. The lowest BCUT2D eigenvalue weighted by Crippen LogP contribution is -2.14. The van der Waals surface area contributed by atoms with Crippen molar-refractivity contribution in [2.75, 3.05) is 10.0 Å². The Morgan fingerprint density at radius 1 is 1.11 bits per heavy atom. The minimum absolute atomic E-state index is 0.0960. The van der Waals surface area contributed by atoms with Gasteiger partial charge in [-0.25, -0.2) is 18.4 Å². The fourth-order valence-corrected chi connectivity index (χ4v) is 4.05. The maximum Gasteiger partial charge on any atom is 0.263 e. The van der Waals surface area contributed by atoms with Crippen molar-refractivity contribution in [3.8, 4) is 0 Å². The highest BCUT2D eigenvalue weighted by molar-refractivity contribution is 7.92. The summed E-state index contributed by atoms with van der Waals surface area (Å²) in [5.74, 6) is 0.615. The summed E-state index contributed by atoms with van der Waals surface area (Å²) < 4.78 is 27.5. The first kappa shape index (κ1) is 19.7. The van der Waals surface area contributed by atoms with E-state index < -0.39 is 10.0 Å². The zero-order chi connectivity index (χ0) is 20.1. The van der Waals surface area contributed by atoms with Gasteiger partial charge in [0, 0.05) is 29.7 Å². The zero-order valence-electron chi connectivity index (χ0n) is 15.2. The second-order valence-corrected chi connectivity index (χ2v) is 8.52. The first-order valence-electron chi connectivity index (χ1n) is 8.29. The Labute approximate surface area is 167 Å². The molecule has 0 aliphatic heterocycles. The molecule has 1 aromatic carbocycles. The number of anilines is 2. The summed E-state index contributed by atoms with van der Waals surface area (Å²) in [6, 6.07) is 11.3. The summed E-state index contributed by atoms with van der Waals surface area (Å²) >= 11 is 1.37. The SMILES string of the molecule is Cc1cc(NS(=O)(=O)c2ccc(NC=CC(=O)c3cccs3)cc2)nc(C)n1. The molecule has 0 saturated carbocycles. The number of nitrogens with one attached hydrogen (secondary N) is 2. The van der Waals surface area contributed by atoms with Crippen LogP contribution in [-0.4, -0.2) is 24.2 Å². The van der Waals surface area contributed by atoms with Crippen LogP contribution in [-0.2, 0) is 10.0 Å². The molecule has 2 aromatic heterocycles. The van der Waals surface area contributed by atoms with Gasteiger partial charge in [0.15, 0.2) is 5.78 Å². The lowest BCUT2D eigenvalue weighted by molar-refractivity contribution is 0.105. The highest BCUT2D eigenvalue weighted by atomic mass is 32.2. The molecule has 0 unspecified atom stereocenters. The van der Waals surface area contributed by atoms with Gasteiger partial charge in [0.2, 0.25) is 0 Å². The number of aromatic nitrogens is 2. The Bertz CT molecular complexity index is 1090. The Morgan fingerprint density at radius 3 is 2.50 bits per heavy atom. The van der Waals surface area contributed by atoms with Crippen LogP contribution in [0.5, 0.6) is 0 Å². The molecule has 2 heterocycles. The van der Waals surface area contributed by atoms with E-state index in [1.165, 1.54) is 35.7 Å². The number of hydrogen-bond acceptors (Lipinski definition) is 7. The average Bonchev–Trinajstić information content (AvgIpc) is 3.15. The molecule has 0 bridgehead atoms. The monoisotopic (exact) mass is 414 g/mol. The van der Waals surface area contributed by atoms with Gasteiger partial charge in [-0.15, -0.1) is 11.3 Å². The molecule has 0 fully saturated rings. The van der Waals surface area contributed by atoms with E-state index >= 15 is 0 Å². The number of rotatable bonds is 7. The van der Waals surface area contributed by atoms with Crippen molar-refractivity contribution < 1.29 is 13.2 Å². The van der Waals surface area contributed by atoms with Gasteiger partial charge in [-0.3, -0.25) is 9.52 Å². The number of aryl methyl sites for hydroxylation is 2. The van der Waals surface area contributed by atoms with Crippen LogP contribution >= 0.6 is 11.3 Å². The van der Waals surface area contributed by atoms with Crippen molar-refractivity contribution in [3.63, 3.8) is 0 Å². The van der Waals surface area contributed by atoms with E-state index in [9.17, 15) is 13.2 Å². The largest absolute Gasteiger partial charge is 0.362 e. The highest BCUT2D eigenvalue weighted by Gasteiger charge is 2.15. The molecule has 7 nitrogen and oxygen atoms in total. The third-order valence-corrected chi connectivity index (χ3v) is 5.87. The fraction of sp³-hybridized carbons (Fsp3) is 0.105. The van der Waals surface area contributed by atoms with Gasteiger partial charge >= 0.3 is 0 Å². The smallest absolute Gasteiger partial charge is 0.263 e. The van der Waals surface area contributed by atoms with Crippen molar-refractivity contribution in [2.24, 2.45) is 0 Å². The second-order valence-electron chi connectivity index (χ2n) is 5.89. The van der Waals surface area contributed by atoms with Crippen molar-refractivity contribution >= 4 is 38.6 Å². The Kier molecular flexibility index (Phi) is 5.86. The van der Waals surface area contributed by atoms with Crippen molar-refractivity contribution in [1.29, 1.82) is 0 Å². The third kappa shape index (κ3) is 5.02. The quantitative estimate of drug-likeness (QED) is 0.451. The predicted octanol–water partition coefficient (Wildman–Crippen LogP) is 3.76. The van der Waals surface area contributed by atoms with Gasteiger partial charge in [-0.05, 0) is 49.6 Å². The molecule has 3 aromatic rings. The van der Waals surface area contributed by atoms with E-state index in [0.29, 0.717) is 22.1 Å². The lowest BCUT2D eigenvalue weighted by Gasteiger charge is -2.09. The van der Waals surface area contributed by atoms with E-state index in [1.54, 1.807) is 38.1 Å². The molecule has 9 heteroatoms. The van der Waals surface area contributed by atoms with E-state index in [2.05, 4.69) is 20.0 Å². The van der Waals surface area contributed by atoms with Gasteiger partial charge in [-0.2, -0.15) is 0 Å². The molecule has 0 radical (unpaired) electrons. The molecule has 3 rings (SSSR count). The average molecular weight is 415 g/mol. The first-order chi connectivity index (χ1) is 13.3. The molecule has 0 saturated heterocycles. The van der Waals surface area contributed by atoms with Gasteiger partial charge in [-0.1, -0.05) is 6.07 Å². The Hall–Kier alpha value is -3.04. The normalized spacial score (nSPS) is 11.5. The van der Waals surface area contributed by atoms with Crippen LogP contribution < -0.4 is 10.0 Å². The summed E-state index contributed by atoms with van der Waals surface area (Å²) in [5.41, 5.74) is 1.33. The van der Waals surface area contributed by atoms with Crippen LogP contribution in [0.2, 0.25) is 0 Å². The number of carbonyl (C=O) groups excluding carboxylic acids is 1. The van der Waals surface area contributed by atoms with Gasteiger partial charge in [0.1, 0.15) is 11.6 Å². The van der Waals surface area contributed by atoms with Crippen LogP contribution in [0.25, 0.3) is 0 Å². The fourth-order valence-electron chi connectivity index (χ4n) is 2.41. The van der Waals surface area contributed by atoms with E-state index in [0.717, 1.165) is 0 Å². The van der Waals surface area contributed by atoms with Crippen LogP contribution in [0, 0.1) is 13.8 Å². The van der Waals surface area contributed by atoms with Crippen molar-refractivity contribution in [1.82, 2.24) is 9.97 Å². The standard InChI is InChI=1S/C19H18N4O3S2/c1-13-12-19(22-14(2)21-13)23-28(25,26)16-7-5-15(6-8-16)20-10-9-17(24)18-4-3-11-27-18/h3-12,20H,1-2H3,(H,21,22,23). The molecule has 0 aliphatic rings. The molecular formula is C19H18N4O3S2. The summed E-state index contributed by atoms with van der Waals surface area (Å²) in [7, 11) is -3.77. The minimum atomic E-state index is -3.77. The number of thiophene rings is 1. The lowest BCUT2D eigenvalue weighted by atomic mass is 10.3. The van der Waals surface area contributed by atoms with E-state index in [1.807, 2.05) is 11.4 Å². The second kappa shape index (κ2) is 8.32. The minimum Gasteiger partial charge on any atom is -0.362 e. The van der Waals surface area contributed by atoms with Crippen LogP contribution in [0.4, 0.5) is 11.5 Å². The first-order valence-corrected chi connectivity index (χ1v) is 10.7. The van der Waals surface area contributed by atoms with Crippen LogP contribution in [0.15, 0.2) is 65.0 Å². The molecule has 0 amide bonds. The molecule has 0 aliphatic carbocycles. The van der Waals surface area contributed by atoms with Gasteiger partial charge < -0.3 is 5.32 Å². The number of ketones is 1. The predicted molar refractivity (Wildman–Crippen MR) is 110 cm³/mol. The van der Waals surface area contributed by atoms with Crippen molar-refractivity contribution in [2.45, 2.75) is 18.7 Å². The molecular weight excluding hydrogens is 396 g/mol. The molecule has 28 heavy (non-hydrogen) atoms.